The van der Waals surface area contributed by atoms with Crippen LogP contribution in [0.2, 0.25) is 0 Å². The molecule has 2 amide bonds. The number of ether oxygens (including phenoxy) is 1. The van der Waals surface area contributed by atoms with Crippen LogP contribution in [0.25, 0.3) is 0 Å². The maximum atomic E-state index is 12.6. The zero-order valence-corrected chi connectivity index (χ0v) is 15.8. The van der Waals surface area contributed by atoms with Gasteiger partial charge in [0, 0.05) is 11.4 Å². The summed E-state index contributed by atoms with van der Waals surface area (Å²) >= 11 is 0. The number of para-hydroxylation sites is 2. The topological polar surface area (TPSA) is 67.4 Å². The molecule has 0 aliphatic carbocycles. The quantitative estimate of drug-likeness (QED) is 0.660. The van der Waals surface area contributed by atoms with Crippen molar-refractivity contribution in [3.63, 3.8) is 0 Å². The van der Waals surface area contributed by atoms with Crippen molar-refractivity contribution in [1.82, 2.24) is 0 Å². The van der Waals surface area contributed by atoms with E-state index in [-0.39, 0.29) is 11.8 Å². The Hall–Kier alpha value is -3.60. The second-order valence-electron chi connectivity index (χ2n) is 6.44. The number of carbonyl (C=O) groups excluding carboxylic acids is 2. The number of benzene rings is 3. The lowest BCUT2D eigenvalue weighted by Crippen LogP contribution is -2.30. The van der Waals surface area contributed by atoms with E-state index >= 15 is 0 Å². The van der Waals surface area contributed by atoms with Crippen molar-refractivity contribution in [2.75, 3.05) is 10.6 Å². The summed E-state index contributed by atoms with van der Waals surface area (Å²) in [6.07, 6.45) is -0.772. The van der Waals surface area contributed by atoms with Crippen LogP contribution in [0.1, 0.15) is 22.8 Å². The molecule has 1 atom stereocenters. The van der Waals surface area contributed by atoms with Crippen molar-refractivity contribution in [3.05, 3.63) is 90.0 Å². The van der Waals surface area contributed by atoms with Gasteiger partial charge >= 0.3 is 0 Å². The average Bonchev–Trinajstić information content (AvgIpc) is 2.69. The summed E-state index contributed by atoms with van der Waals surface area (Å²) in [5, 5.41) is 5.65. The molecule has 0 aromatic heterocycles. The van der Waals surface area contributed by atoms with Gasteiger partial charge in [-0.05, 0) is 55.8 Å². The number of amides is 2. The normalized spacial score (nSPS) is 11.4. The third-order valence-electron chi connectivity index (χ3n) is 4.12. The van der Waals surface area contributed by atoms with Crippen LogP contribution in [0.3, 0.4) is 0 Å². The zero-order chi connectivity index (χ0) is 19.9. The highest BCUT2D eigenvalue weighted by molar-refractivity contribution is 6.06. The van der Waals surface area contributed by atoms with Crippen molar-refractivity contribution in [1.29, 1.82) is 0 Å². The van der Waals surface area contributed by atoms with Gasteiger partial charge in [0.2, 0.25) is 0 Å². The molecule has 28 heavy (non-hydrogen) atoms. The fraction of sp³-hybridized carbons (Fsp3) is 0.130. The van der Waals surface area contributed by atoms with E-state index in [0.29, 0.717) is 22.7 Å². The molecule has 0 spiro atoms. The van der Waals surface area contributed by atoms with Crippen molar-refractivity contribution < 1.29 is 14.3 Å². The van der Waals surface area contributed by atoms with Gasteiger partial charge in [0.15, 0.2) is 6.10 Å². The van der Waals surface area contributed by atoms with E-state index in [1.165, 1.54) is 0 Å². The third kappa shape index (κ3) is 4.98. The van der Waals surface area contributed by atoms with E-state index in [1.807, 2.05) is 49.4 Å². The Morgan fingerprint density at radius 2 is 1.50 bits per heavy atom. The molecule has 0 aliphatic heterocycles. The molecule has 0 fully saturated rings. The van der Waals surface area contributed by atoms with Crippen LogP contribution in [0, 0.1) is 6.92 Å². The molecule has 0 saturated heterocycles. The highest BCUT2D eigenvalue weighted by atomic mass is 16.5. The molecule has 5 nitrogen and oxygen atoms in total. The largest absolute Gasteiger partial charge is 0.480 e. The fourth-order valence-electron chi connectivity index (χ4n) is 2.69. The van der Waals surface area contributed by atoms with E-state index < -0.39 is 6.10 Å². The molecule has 5 heteroatoms. The predicted octanol–water partition coefficient (Wildman–Crippen LogP) is 4.65. The molecule has 0 aliphatic rings. The van der Waals surface area contributed by atoms with Crippen LogP contribution < -0.4 is 15.4 Å². The van der Waals surface area contributed by atoms with Gasteiger partial charge in [-0.2, -0.15) is 0 Å². The monoisotopic (exact) mass is 374 g/mol. The first-order chi connectivity index (χ1) is 13.5. The van der Waals surface area contributed by atoms with Crippen LogP contribution in [0.4, 0.5) is 11.4 Å². The van der Waals surface area contributed by atoms with Gasteiger partial charge in [-0.3, -0.25) is 9.59 Å². The number of nitrogens with one attached hydrogen (secondary N) is 2. The minimum atomic E-state index is -0.772. The summed E-state index contributed by atoms with van der Waals surface area (Å²) in [7, 11) is 0. The van der Waals surface area contributed by atoms with Gasteiger partial charge in [-0.15, -0.1) is 0 Å². The van der Waals surface area contributed by atoms with Crippen LogP contribution in [-0.4, -0.2) is 17.9 Å². The smallest absolute Gasteiger partial charge is 0.265 e. The number of carbonyl (C=O) groups is 2. The van der Waals surface area contributed by atoms with Crippen LogP contribution in [0.15, 0.2) is 78.9 Å². The number of rotatable bonds is 6. The Balaban J connectivity index is 1.70. The van der Waals surface area contributed by atoms with Gasteiger partial charge in [0.05, 0.1) is 5.56 Å². The molecule has 3 aromatic rings. The van der Waals surface area contributed by atoms with Gasteiger partial charge in [0.25, 0.3) is 11.8 Å². The van der Waals surface area contributed by atoms with Gasteiger partial charge in [-0.1, -0.05) is 42.5 Å². The molecule has 0 radical (unpaired) electrons. The second-order valence-corrected chi connectivity index (χ2v) is 6.44. The fourth-order valence-corrected chi connectivity index (χ4v) is 2.69. The molecular weight excluding hydrogens is 352 g/mol. The summed E-state index contributed by atoms with van der Waals surface area (Å²) < 4.78 is 5.80. The summed E-state index contributed by atoms with van der Waals surface area (Å²) in [5.74, 6) is -0.236. The maximum Gasteiger partial charge on any atom is 0.265 e. The summed E-state index contributed by atoms with van der Waals surface area (Å²) in [6, 6.07) is 23.6. The van der Waals surface area contributed by atoms with Crippen LogP contribution in [-0.2, 0) is 4.79 Å². The van der Waals surface area contributed by atoms with E-state index in [2.05, 4.69) is 10.6 Å². The zero-order valence-electron chi connectivity index (χ0n) is 15.8. The van der Waals surface area contributed by atoms with Crippen LogP contribution >= 0.6 is 0 Å². The lowest BCUT2D eigenvalue weighted by atomic mass is 10.1. The van der Waals surface area contributed by atoms with Crippen molar-refractivity contribution >= 4 is 23.2 Å². The Labute approximate surface area is 164 Å². The third-order valence-corrected chi connectivity index (χ3v) is 4.12. The number of hydrogen-bond acceptors (Lipinski definition) is 3. The van der Waals surface area contributed by atoms with Gasteiger partial charge < -0.3 is 15.4 Å². The Kier molecular flexibility index (Phi) is 6.07. The van der Waals surface area contributed by atoms with E-state index in [0.717, 1.165) is 5.56 Å². The van der Waals surface area contributed by atoms with Crippen molar-refractivity contribution in [2.24, 2.45) is 0 Å². The Bertz CT molecular complexity index is 970. The van der Waals surface area contributed by atoms with Crippen LogP contribution in [0.5, 0.6) is 5.75 Å². The molecule has 2 N–H and O–H groups in total. The first-order valence-electron chi connectivity index (χ1n) is 9.02. The standard InChI is InChI=1S/C23H22N2O3/c1-16-9-8-12-19(15-16)25-22(26)17(2)28-21-14-7-6-13-20(21)23(27)24-18-10-4-3-5-11-18/h3-15,17H,1-2H3,(H,24,27)(H,25,26)/t17-/m1/s1. The molecule has 0 heterocycles. The molecular formula is C23H22N2O3. The number of hydrogen-bond donors (Lipinski definition) is 2. The minimum Gasteiger partial charge on any atom is -0.480 e. The molecule has 0 saturated carbocycles. The van der Waals surface area contributed by atoms with Crippen molar-refractivity contribution in [3.8, 4) is 5.75 Å². The predicted molar refractivity (Wildman–Crippen MR) is 111 cm³/mol. The van der Waals surface area contributed by atoms with Crippen molar-refractivity contribution in [2.45, 2.75) is 20.0 Å². The van der Waals surface area contributed by atoms with E-state index in [9.17, 15) is 9.59 Å². The van der Waals surface area contributed by atoms with E-state index in [1.54, 1.807) is 43.3 Å². The number of aryl methyl sites for hydroxylation is 1. The highest BCUT2D eigenvalue weighted by Crippen LogP contribution is 2.21. The first kappa shape index (κ1) is 19.2. The molecule has 0 unspecified atom stereocenters. The maximum absolute atomic E-state index is 12.6. The summed E-state index contributed by atoms with van der Waals surface area (Å²) in [6.45, 7) is 3.61. The number of anilines is 2. The summed E-state index contributed by atoms with van der Waals surface area (Å²) in [5.41, 5.74) is 2.80. The van der Waals surface area contributed by atoms with Gasteiger partial charge in [-0.25, -0.2) is 0 Å². The second kappa shape index (κ2) is 8.86. The van der Waals surface area contributed by atoms with Gasteiger partial charge in [0.1, 0.15) is 5.75 Å². The highest BCUT2D eigenvalue weighted by Gasteiger charge is 2.19. The van der Waals surface area contributed by atoms with E-state index in [4.69, 9.17) is 4.74 Å². The molecule has 142 valence electrons. The lowest BCUT2D eigenvalue weighted by molar-refractivity contribution is -0.122. The molecule has 3 rings (SSSR count). The molecule has 3 aromatic carbocycles. The Morgan fingerprint density at radius 3 is 2.25 bits per heavy atom. The Morgan fingerprint density at radius 1 is 0.821 bits per heavy atom. The minimum absolute atomic E-state index is 0.288. The first-order valence-corrected chi connectivity index (χ1v) is 9.02. The SMILES string of the molecule is Cc1cccc(NC(=O)[C@@H](C)Oc2ccccc2C(=O)Nc2ccccc2)c1. The molecule has 0 bridgehead atoms. The lowest BCUT2D eigenvalue weighted by Gasteiger charge is -2.17. The summed E-state index contributed by atoms with van der Waals surface area (Å²) in [4.78, 5) is 25.1. The average molecular weight is 374 g/mol.